The first-order valence-corrected chi connectivity index (χ1v) is 10.4. The number of benzene rings is 1. The van der Waals surface area contributed by atoms with E-state index in [1.165, 1.54) is 10.9 Å². The summed E-state index contributed by atoms with van der Waals surface area (Å²) in [6.07, 6.45) is 1.48. The molecule has 1 aliphatic heterocycles. The Morgan fingerprint density at radius 3 is 2.58 bits per heavy atom. The van der Waals surface area contributed by atoms with Crippen molar-refractivity contribution in [2.45, 2.75) is 6.92 Å². The van der Waals surface area contributed by atoms with Crippen molar-refractivity contribution in [1.82, 2.24) is 19.7 Å². The third kappa shape index (κ3) is 4.60. The number of anilines is 2. The lowest BCUT2D eigenvalue weighted by molar-refractivity contribution is 0.0302. The largest absolute Gasteiger partial charge is 0.378 e. The number of ether oxygens (including phenoxy) is 1. The van der Waals surface area contributed by atoms with Crippen molar-refractivity contribution >= 4 is 23.3 Å². The van der Waals surface area contributed by atoms with Gasteiger partial charge in [-0.1, -0.05) is 12.1 Å². The Morgan fingerprint density at radius 1 is 1.15 bits per heavy atom. The number of morpholine rings is 1. The number of hydrogen-bond acceptors (Lipinski definition) is 7. The van der Waals surface area contributed by atoms with Crippen LogP contribution < -0.4 is 16.6 Å². The van der Waals surface area contributed by atoms with E-state index >= 15 is 0 Å². The van der Waals surface area contributed by atoms with Gasteiger partial charge in [-0.2, -0.15) is 5.10 Å². The van der Waals surface area contributed by atoms with Crippen LogP contribution in [0.4, 0.5) is 11.5 Å². The summed E-state index contributed by atoms with van der Waals surface area (Å²) in [6, 6.07) is 10.1. The molecule has 0 unspecified atom stereocenters. The maximum atomic E-state index is 12.7. The van der Waals surface area contributed by atoms with Crippen LogP contribution in [-0.2, 0) is 11.8 Å². The van der Waals surface area contributed by atoms with Crippen molar-refractivity contribution in [3.63, 3.8) is 0 Å². The maximum absolute atomic E-state index is 12.7. The zero-order valence-corrected chi connectivity index (χ0v) is 18.4. The van der Waals surface area contributed by atoms with Gasteiger partial charge >= 0.3 is 0 Å². The van der Waals surface area contributed by atoms with E-state index < -0.39 is 5.91 Å². The lowest BCUT2D eigenvalue weighted by Crippen LogP contribution is -2.40. The fraction of sp³-hybridized carbons (Fsp3) is 0.261. The number of pyridine rings is 1. The number of primary amides is 1. The molecule has 3 N–H and O–H groups in total. The monoisotopic (exact) mass is 448 g/mol. The van der Waals surface area contributed by atoms with Crippen molar-refractivity contribution in [3.05, 3.63) is 69.6 Å². The van der Waals surface area contributed by atoms with Gasteiger partial charge in [0.15, 0.2) is 0 Å². The van der Waals surface area contributed by atoms with E-state index in [0.29, 0.717) is 60.1 Å². The zero-order chi connectivity index (χ0) is 23.5. The molecule has 0 aliphatic carbocycles. The summed E-state index contributed by atoms with van der Waals surface area (Å²) in [4.78, 5) is 43.0. The van der Waals surface area contributed by atoms with Crippen molar-refractivity contribution in [2.75, 3.05) is 31.6 Å². The van der Waals surface area contributed by atoms with Crippen LogP contribution in [0, 0.1) is 6.92 Å². The minimum atomic E-state index is -0.534. The number of hydrogen-bond donors (Lipinski definition) is 2. The Bertz CT molecular complexity index is 1260. The highest BCUT2D eigenvalue weighted by atomic mass is 16.5. The van der Waals surface area contributed by atoms with Crippen molar-refractivity contribution < 1.29 is 14.3 Å². The smallest absolute Gasteiger partial charge is 0.290 e. The summed E-state index contributed by atoms with van der Waals surface area (Å²) in [5.41, 5.74) is 8.07. The number of carbonyl (C=O) groups is 2. The van der Waals surface area contributed by atoms with Gasteiger partial charge in [-0.05, 0) is 36.8 Å². The molecule has 0 spiro atoms. The topological polar surface area (TPSA) is 132 Å². The Morgan fingerprint density at radius 2 is 1.91 bits per heavy atom. The van der Waals surface area contributed by atoms with Crippen LogP contribution in [0.3, 0.4) is 0 Å². The van der Waals surface area contributed by atoms with E-state index in [1.807, 2.05) is 6.07 Å². The van der Waals surface area contributed by atoms with Gasteiger partial charge in [-0.15, -0.1) is 0 Å². The van der Waals surface area contributed by atoms with Crippen LogP contribution in [0.2, 0.25) is 0 Å². The average Bonchev–Trinajstić information content (AvgIpc) is 2.82. The van der Waals surface area contributed by atoms with Crippen LogP contribution in [0.25, 0.3) is 11.3 Å². The molecular weight excluding hydrogens is 424 g/mol. The molecule has 0 bridgehead atoms. The fourth-order valence-electron chi connectivity index (χ4n) is 3.69. The van der Waals surface area contributed by atoms with Gasteiger partial charge in [0.2, 0.25) is 5.91 Å². The molecular formula is C23H24N6O4. The SMILES string of the molecule is Cc1c(C(N)=O)cccc1-c1cc(Nc2ccc(C(=O)N3CCOCC3)cn2)c(=O)n(C)n1. The number of aryl methyl sites for hydroxylation is 1. The van der Waals surface area contributed by atoms with Crippen LogP contribution in [-0.4, -0.2) is 57.8 Å². The summed E-state index contributed by atoms with van der Waals surface area (Å²) in [5, 5.41) is 7.33. The highest BCUT2D eigenvalue weighted by molar-refractivity contribution is 5.96. The van der Waals surface area contributed by atoms with Crippen LogP contribution in [0.1, 0.15) is 26.3 Å². The molecule has 0 saturated carbocycles. The van der Waals surface area contributed by atoms with Gasteiger partial charge in [0.1, 0.15) is 11.5 Å². The summed E-state index contributed by atoms with van der Waals surface area (Å²) in [6.45, 7) is 3.92. The van der Waals surface area contributed by atoms with E-state index in [4.69, 9.17) is 10.5 Å². The van der Waals surface area contributed by atoms with Crippen LogP contribution in [0.5, 0.6) is 0 Å². The molecule has 10 nitrogen and oxygen atoms in total. The number of rotatable bonds is 5. The van der Waals surface area contributed by atoms with Crippen molar-refractivity contribution in [2.24, 2.45) is 12.8 Å². The summed E-state index contributed by atoms with van der Waals surface area (Å²) >= 11 is 0. The Hall–Kier alpha value is -4.05. The van der Waals surface area contributed by atoms with Gasteiger partial charge < -0.3 is 20.7 Å². The highest BCUT2D eigenvalue weighted by Crippen LogP contribution is 2.25. The average molecular weight is 448 g/mol. The standard InChI is InChI=1S/C23H24N6O4/c1-14-16(4-3-5-17(14)21(24)30)18-12-19(23(32)28(2)27-18)26-20-7-6-15(13-25-20)22(31)29-8-10-33-11-9-29/h3-7,12-13H,8-11H2,1-2H3,(H2,24,30)(H,25,26). The van der Waals surface area contributed by atoms with Gasteiger partial charge in [-0.3, -0.25) is 14.4 Å². The second kappa shape index (κ2) is 9.21. The number of carbonyl (C=O) groups excluding carboxylic acids is 2. The predicted molar refractivity (Wildman–Crippen MR) is 122 cm³/mol. The first-order chi connectivity index (χ1) is 15.8. The fourth-order valence-corrected chi connectivity index (χ4v) is 3.69. The molecule has 1 fully saturated rings. The number of aromatic nitrogens is 3. The third-order valence-electron chi connectivity index (χ3n) is 5.51. The molecule has 170 valence electrons. The summed E-state index contributed by atoms with van der Waals surface area (Å²) in [5.74, 6) is -0.233. The molecule has 1 aromatic carbocycles. The Kier molecular flexibility index (Phi) is 6.18. The lowest BCUT2D eigenvalue weighted by Gasteiger charge is -2.26. The third-order valence-corrected chi connectivity index (χ3v) is 5.51. The molecule has 3 heterocycles. The first kappa shape index (κ1) is 22.2. The molecule has 1 saturated heterocycles. The Labute approximate surface area is 190 Å². The minimum Gasteiger partial charge on any atom is -0.378 e. The number of amides is 2. The number of nitrogens with one attached hydrogen (secondary N) is 1. The van der Waals surface area contributed by atoms with E-state index in [1.54, 1.807) is 49.2 Å². The quantitative estimate of drug-likeness (QED) is 0.604. The second-order valence-electron chi connectivity index (χ2n) is 7.68. The van der Waals surface area contributed by atoms with Crippen LogP contribution >= 0.6 is 0 Å². The van der Waals surface area contributed by atoms with Gasteiger partial charge in [0.25, 0.3) is 11.5 Å². The lowest BCUT2D eigenvalue weighted by atomic mass is 9.99. The molecule has 0 radical (unpaired) electrons. The highest BCUT2D eigenvalue weighted by Gasteiger charge is 2.19. The summed E-state index contributed by atoms with van der Waals surface area (Å²) < 4.78 is 6.49. The maximum Gasteiger partial charge on any atom is 0.290 e. The van der Waals surface area contributed by atoms with E-state index in [9.17, 15) is 14.4 Å². The second-order valence-corrected chi connectivity index (χ2v) is 7.68. The molecule has 2 aromatic heterocycles. The molecule has 1 aliphatic rings. The molecule has 4 rings (SSSR count). The van der Waals surface area contributed by atoms with Gasteiger partial charge in [0, 0.05) is 37.5 Å². The molecule has 10 heteroatoms. The number of nitrogens with zero attached hydrogens (tertiary/aromatic N) is 4. The molecule has 33 heavy (non-hydrogen) atoms. The molecule has 0 atom stereocenters. The van der Waals surface area contributed by atoms with E-state index in [2.05, 4.69) is 15.4 Å². The van der Waals surface area contributed by atoms with Crippen molar-refractivity contribution in [3.8, 4) is 11.3 Å². The Balaban J connectivity index is 1.61. The van der Waals surface area contributed by atoms with E-state index in [0.717, 1.165) is 0 Å². The van der Waals surface area contributed by atoms with Crippen molar-refractivity contribution in [1.29, 1.82) is 0 Å². The number of nitrogens with two attached hydrogens (primary N) is 1. The predicted octanol–water partition coefficient (Wildman–Crippen LogP) is 1.47. The minimum absolute atomic E-state index is 0.107. The van der Waals surface area contributed by atoms with Crippen LogP contribution in [0.15, 0.2) is 47.4 Å². The molecule has 3 aromatic rings. The van der Waals surface area contributed by atoms with Gasteiger partial charge in [0.05, 0.1) is 24.5 Å². The summed E-state index contributed by atoms with van der Waals surface area (Å²) in [7, 11) is 1.54. The molecule has 2 amide bonds. The van der Waals surface area contributed by atoms with E-state index in [-0.39, 0.29) is 17.2 Å². The normalized spacial score (nSPS) is 13.6. The zero-order valence-electron chi connectivity index (χ0n) is 18.4. The first-order valence-electron chi connectivity index (χ1n) is 10.4. The van der Waals surface area contributed by atoms with Gasteiger partial charge in [-0.25, -0.2) is 9.67 Å².